The second-order valence-corrected chi connectivity index (χ2v) is 5.46. The van der Waals surface area contributed by atoms with Gasteiger partial charge in [-0.05, 0) is 50.7 Å². The van der Waals surface area contributed by atoms with Crippen LogP contribution in [0.1, 0.15) is 37.7 Å². The minimum atomic E-state index is -1.13. The molecule has 0 aliphatic heterocycles. The third kappa shape index (κ3) is 3.73. The van der Waals surface area contributed by atoms with Crippen LogP contribution in [0, 0.1) is 6.92 Å². The van der Waals surface area contributed by atoms with Gasteiger partial charge in [-0.3, -0.25) is 4.79 Å². The monoisotopic (exact) mass is 277 g/mol. The van der Waals surface area contributed by atoms with E-state index in [1.807, 2.05) is 31.2 Å². The van der Waals surface area contributed by atoms with E-state index >= 15 is 0 Å². The molecule has 2 N–H and O–H groups in total. The summed E-state index contributed by atoms with van der Waals surface area (Å²) in [6.07, 6.45) is 3.76. The van der Waals surface area contributed by atoms with Crippen molar-refractivity contribution in [1.29, 1.82) is 0 Å². The standard InChI is InChI=1S/C16H23NO3/c1-13-7-2-3-8-14(13)20-12-6-11-17-15(18)16(19)9-4-5-10-16/h2-3,7-8,19H,4-6,9-12H2,1H3,(H,17,18). The lowest BCUT2D eigenvalue weighted by molar-refractivity contribution is -0.139. The van der Waals surface area contributed by atoms with Crippen molar-refractivity contribution >= 4 is 5.91 Å². The van der Waals surface area contributed by atoms with E-state index in [-0.39, 0.29) is 5.91 Å². The van der Waals surface area contributed by atoms with Crippen LogP contribution in [0.4, 0.5) is 0 Å². The summed E-state index contributed by atoms with van der Waals surface area (Å²) in [6, 6.07) is 7.87. The summed E-state index contributed by atoms with van der Waals surface area (Å²) in [5, 5.41) is 12.9. The Morgan fingerprint density at radius 2 is 2.05 bits per heavy atom. The maximum atomic E-state index is 11.9. The zero-order valence-electron chi connectivity index (χ0n) is 12.0. The van der Waals surface area contributed by atoms with Gasteiger partial charge in [0.05, 0.1) is 6.61 Å². The lowest BCUT2D eigenvalue weighted by Gasteiger charge is -2.20. The minimum Gasteiger partial charge on any atom is -0.493 e. The molecule has 0 spiro atoms. The van der Waals surface area contributed by atoms with Crippen LogP contribution in [0.3, 0.4) is 0 Å². The summed E-state index contributed by atoms with van der Waals surface area (Å²) < 4.78 is 5.66. The van der Waals surface area contributed by atoms with Gasteiger partial charge in [0.25, 0.3) is 5.91 Å². The first-order valence-corrected chi connectivity index (χ1v) is 7.31. The highest BCUT2D eigenvalue weighted by atomic mass is 16.5. The van der Waals surface area contributed by atoms with Gasteiger partial charge in [-0.2, -0.15) is 0 Å². The molecular formula is C16H23NO3. The molecule has 1 amide bonds. The number of carbonyl (C=O) groups is 1. The number of nitrogens with one attached hydrogen (secondary N) is 1. The van der Waals surface area contributed by atoms with E-state index in [1.165, 1.54) is 0 Å². The molecule has 1 aliphatic carbocycles. The Labute approximate surface area is 120 Å². The van der Waals surface area contributed by atoms with Crippen molar-refractivity contribution < 1.29 is 14.6 Å². The Morgan fingerprint density at radius 1 is 1.35 bits per heavy atom. The number of aliphatic hydroxyl groups is 1. The number of benzene rings is 1. The first-order valence-electron chi connectivity index (χ1n) is 7.31. The highest BCUT2D eigenvalue weighted by molar-refractivity contribution is 5.85. The molecule has 4 nitrogen and oxygen atoms in total. The molecule has 0 unspecified atom stereocenters. The molecule has 1 fully saturated rings. The van der Waals surface area contributed by atoms with Gasteiger partial charge in [-0.1, -0.05) is 18.2 Å². The minimum absolute atomic E-state index is 0.231. The van der Waals surface area contributed by atoms with Crippen molar-refractivity contribution in [3.63, 3.8) is 0 Å². The summed E-state index contributed by atoms with van der Waals surface area (Å²) in [7, 11) is 0. The Balaban J connectivity index is 1.65. The van der Waals surface area contributed by atoms with Crippen LogP contribution in [0.15, 0.2) is 24.3 Å². The second kappa shape index (κ2) is 6.75. The number of hydrogen-bond donors (Lipinski definition) is 2. The third-order valence-corrected chi connectivity index (χ3v) is 3.81. The van der Waals surface area contributed by atoms with E-state index in [0.717, 1.165) is 30.6 Å². The smallest absolute Gasteiger partial charge is 0.251 e. The molecule has 2 rings (SSSR count). The second-order valence-electron chi connectivity index (χ2n) is 5.46. The van der Waals surface area contributed by atoms with Gasteiger partial charge in [-0.25, -0.2) is 0 Å². The van der Waals surface area contributed by atoms with Crippen molar-refractivity contribution in [3.05, 3.63) is 29.8 Å². The van der Waals surface area contributed by atoms with Crippen LogP contribution in [0.5, 0.6) is 5.75 Å². The van der Waals surface area contributed by atoms with Crippen LogP contribution in [0.2, 0.25) is 0 Å². The van der Waals surface area contributed by atoms with Crippen molar-refractivity contribution in [2.45, 2.75) is 44.6 Å². The Hall–Kier alpha value is -1.55. The fourth-order valence-electron chi connectivity index (χ4n) is 2.53. The van der Waals surface area contributed by atoms with Crippen molar-refractivity contribution in [2.24, 2.45) is 0 Å². The van der Waals surface area contributed by atoms with E-state index in [4.69, 9.17) is 4.74 Å². The van der Waals surface area contributed by atoms with E-state index in [1.54, 1.807) is 0 Å². The van der Waals surface area contributed by atoms with Crippen molar-refractivity contribution in [1.82, 2.24) is 5.32 Å². The van der Waals surface area contributed by atoms with Crippen LogP contribution in [-0.4, -0.2) is 29.8 Å². The number of ether oxygens (including phenoxy) is 1. The maximum Gasteiger partial charge on any atom is 0.251 e. The highest BCUT2D eigenvalue weighted by Gasteiger charge is 2.38. The summed E-state index contributed by atoms with van der Waals surface area (Å²) in [5.41, 5.74) is -0.0199. The molecule has 1 saturated carbocycles. The van der Waals surface area contributed by atoms with E-state index in [0.29, 0.717) is 26.0 Å². The number of para-hydroxylation sites is 1. The quantitative estimate of drug-likeness (QED) is 0.784. The van der Waals surface area contributed by atoms with Gasteiger partial charge in [0.1, 0.15) is 11.4 Å². The number of rotatable bonds is 6. The first kappa shape index (κ1) is 14.9. The molecule has 0 aromatic heterocycles. The fourth-order valence-corrected chi connectivity index (χ4v) is 2.53. The molecule has 1 aromatic carbocycles. The first-order chi connectivity index (χ1) is 9.62. The highest BCUT2D eigenvalue weighted by Crippen LogP contribution is 2.29. The van der Waals surface area contributed by atoms with E-state index in [9.17, 15) is 9.90 Å². The molecule has 1 aliphatic rings. The van der Waals surface area contributed by atoms with Gasteiger partial charge >= 0.3 is 0 Å². The fraction of sp³-hybridized carbons (Fsp3) is 0.562. The number of carbonyl (C=O) groups excluding carboxylic acids is 1. The van der Waals surface area contributed by atoms with Gasteiger partial charge in [0.2, 0.25) is 0 Å². The summed E-state index contributed by atoms with van der Waals surface area (Å²) in [5.74, 6) is 0.652. The predicted octanol–water partition coefficient (Wildman–Crippen LogP) is 2.19. The number of amides is 1. The van der Waals surface area contributed by atoms with E-state index < -0.39 is 5.60 Å². The topological polar surface area (TPSA) is 58.6 Å². The molecule has 1 aromatic rings. The average molecular weight is 277 g/mol. The van der Waals surface area contributed by atoms with Crippen LogP contribution >= 0.6 is 0 Å². The Kier molecular flexibility index (Phi) is 5.01. The lowest BCUT2D eigenvalue weighted by Crippen LogP contribution is -2.45. The third-order valence-electron chi connectivity index (χ3n) is 3.81. The zero-order chi connectivity index (χ0) is 14.4. The van der Waals surface area contributed by atoms with Crippen molar-refractivity contribution in [2.75, 3.05) is 13.2 Å². The molecule has 0 heterocycles. The van der Waals surface area contributed by atoms with E-state index in [2.05, 4.69) is 5.32 Å². The molecule has 0 saturated heterocycles. The largest absolute Gasteiger partial charge is 0.493 e. The summed E-state index contributed by atoms with van der Waals surface area (Å²) in [4.78, 5) is 11.9. The Bertz CT molecular complexity index is 453. The van der Waals surface area contributed by atoms with Crippen molar-refractivity contribution in [3.8, 4) is 5.75 Å². The van der Waals surface area contributed by atoms with Gasteiger partial charge in [0, 0.05) is 6.54 Å². The van der Waals surface area contributed by atoms with Gasteiger partial charge in [0.15, 0.2) is 0 Å². The maximum absolute atomic E-state index is 11.9. The molecule has 110 valence electrons. The molecule has 4 heteroatoms. The lowest BCUT2D eigenvalue weighted by atomic mass is 10.0. The predicted molar refractivity (Wildman–Crippen MR) is 77.7 cm³/mol. The molecule has 20 heavy (non-hydrogen) atoms. The van der Waals surface area contributed by atoms with Crippen LogP contribution in [0.25, 0.3) is 0 Å². The normalized spacial score (nSPS) is 16.9. The number of hydrogen-bond acceptors (Lipinski definition) is 3. The molecule has 0 radical (unpaired) electrons. The van der Waals surface area contributed by atoms with Crippen LogP contribution < -0.4 is 10.1 Å². The number of aryl methyl sites for hydroxylation is 1. The summed E-state index contributed by atoms with van der Waals surface area (Å²) in [6.45, 7) is 3.10. The zero-order valence-corrected chi connectivity index (χ0v) is 12.0. The molecule has 0 bridgehead atoms. The summed E-state index contributed by atoms with van der Waals surface area (Å²) >= 11 is 0. The van der Waals surface area contributed by atoms with Gasteiger partial charge < -0.3 is 15.2 Å². The van der Waals surface area contributed by atoms with Gasteiger partial charge in [-0.15, -0.1) is 0 Å². The molecule has 0 atom stereocenters. The SMILES string of the molecule is Cc1ccccc1OCCCNC(=O)C1(O)CCCC1. The molecular weight excluding hydrogens is 254 g/mol. The van der Waals surface area contributed by atoms with Crippen LogP contribution in [-0.2, 0) is 4.79 Å². The average Bonchev–Trinajstić information content (AvgIpc) is 2.88. The Morgan fingerprint density at radius 3 is 2.75 bits per heavy atom.